The van der Waals surface area contributed by atoms with Crippen LogP contribution in [0.5, 0.6) is 0 Å². The van der Waals surface area contributed by atoms with E-state index >= 15 is 0 Å². The Morgan fingerprint density at radius 1 is 1.00 bits per heavy atom. The van der Waals surface area contributed by atoms with E-state index < -0.39 is 0 Å². The van der Waals surface area contributed by atoms with Gasteiger partial charge in [-0.2, -0.15) is 0 Å². The Kier molecular flexibility index (Phi) is 6.77. The fourth-order valence-electron chi connectivity index (χ4n) is 3.95. The van der Waals surface area contributed by atoms with Gasteiger partial charge in [0.05, 0.1) is 11.0 Å². The van der Waals surface area contributed by atoms with Gasteiger partial charge in [0.25, 0.3) is 0 Å². The predicted octanol–water partition coefficient (Wildman–Crippen LogP) is 3.42. The number of aryl methyl sites for hydroxylation is 1. The number of hydrogen-bond acceptors (Lipinski definition) is 3. The predicted molar refractivity (Wildman–Crippen MR) is 122 cm³/mol. The number of hydrogen-bond donors (Lipinski definition) is 1. The van der Waals surface area contributed by atoms with Crippen LogP contribution in [0, 0.1) is 0 Å². The van der Waals surface area contributed by atoms with Gasteiger partial charge >= 0.3 is 0 Å². The molecular formula is C25H28N4O2. The summed E-state index contributed by atoms with van der Waals surface area (Å²) in [4.78, 5) is 31.5. The van der Waals surface area contributed by atoms with E-state index in [2.05, 4.69) is 5.32 Å². The smallest absolute Gasteiger partial charge is 0.243 e. The molecule has 0 atom stereocenters. The number of nitrogens with zero attached hydrogens (tertiary/aromatic N) is 3. The first kappa shape index (κ1) is 20.8. The van der Waals surface area contributed by atoms with Crippen molar-refractivity contribution >= 4 is 28.9 Å². The fourth-order valence-corrected chi connectivity index (χ4v) is 3.95. The van der Waals surface area contributed by atoms with Crippen LogP contribution in [-0.4, -0.2) is 45.9 Å². The van der Waals surface area contributed by atoms with Crippen molar-refractivity contribution in [3.05, 3.63) is 72.1 Å². The van der Waals surface area contributed by atoms with Gasteiger partial charge in [-0.3, -0.25) is 9.59 Å². The lowest BCUT2D eigenvalue weighted by Gasteiger charge is -2.17. The molecule has 0 bridgehead atoms. The van der Waals surface area contributed by atoms with E-state index in [1.54, 1.807) is 12.2 Å². The van der Waals surface area contributed by atoms with Crippen LogP contribution in [0.15, 0.2) is 60.7 Å². The summed E-state index contributed by atoms with van der Waals surface area (Å²) in [7, 11) is 0. The molecule has 2 heterocycles. The van der Waals surface area contributed by atoms with Gasteiger partial charge in [-0.25, -0.2) is 4.98 Å². The third-order valence-electron chi connectivity index (χ3n) is 5.59. The van der Waals surface area contributed by atoms with Gasteiger partial charge in [0, 0.05) is 32.1 Å². The number of likely N-dealkylation sites (tertiary alicyclic amines) is 1. The Hall–Kier alpha value is -3.41. The molecule has 6 nitrogen and oxygen atoms in total. The molecule has 1 fully saturated rings. The maximum absolute atomic E-state index is 12.7. The topological polar surface area (TPSA) is 67.2 Å². The zero-order chi connectivity index (χ0) is 21.5. The van der Waals surface area contributed by atoms with E-state index in [0.717, 1.165) is 54.8 Å². The van der Waals surface area contributed by atoms with Crippen molar-refractivity contribution in [2.24, 2.45) is 0 Å². The van der Waals surface area contributed by atoms with Crippen molar-refractivity contribution < 1.29 is 9.59 Å². The second-order valence-corrected chi connectivity index (χ2v) is 7.83. The molecule has 0 saturated carbocycles. The highest BCUT2D eigenvalue weighted by molar-refractivity contribution is 5.91. The van der Waals surface area contributed by atoms with Crippen LogP contribution in [0.3, 0.4) is 0 Å². The Bertz CT molecular complexity index is 1070. The molecule has 1 aromatic heterocycles. The SMILES string of the molecule is O=C(/C=C\c1ccccc1)NCCCc1nc2ccccc2n1CC(=O)N1CCCC1. The first-order chi connectivity index (χ1) is 15.2. The lowest BCUT2D eigenvalue weighted by Crippen LogP contribution is -2.31. The third-order valence-corrected chi connectivity index (χ3v) is 5.59. The van der Waals surface area contributed by atoms with Gasteiger partial charge < -0.3 is 14.8 Å². The lowest BCUT2D eigenvalue weighted by molar-refractivity contribution is -0.130. The minimum absolute atomic E-state index is 0.110. The maximum Gasteiger partial charge on any atom is 0.243 e. The highest BCUT2D eigenvalue weighted by Crippen LogP contribution is 2.18. The number of fused-ring (bicyclic) bond motifs is 1. The fraction of sp³-hybridized carbons (Fsp3) is 0.320. The summed E-state index contributed by atoms with van der Waals surface area (Å²) in [6.45, 7) is 2.58. The lowest BCUT2D eigenvalue weighted by atomic mass is 10.2. The summed E-state index contributed by atoms with van der Waals surface area (Å²) in [5, 5.41) is 2.92. The molecule has 1 N–H and O–H groups in total. The van der Waals surface area contributed by atoms with E-state index in [1.807, 2.05) is 64.1 Å². The van der Waals surface area contributed by atoms with Crippen molar-refractivity contribution in [2.45, 2.75) is 32.2 Å². The minimum Gasteiger partial charge on any atom is -0.353 e. The van der Waals surface area contributed by atoms with Crippen LogP contribution >= 0.6 is 0 Å². The summed E-state index contributed by atoms with van der Waals surface area (Å²) in [6, 6.07) is 17.7. The van der Waals surface area contributed by atoms with E-state index in [9.17, 15) is 9.59 Å². The quantitative estimate of drug-likeness (QED) is 0.452. The molecule has 4 rings (SSSR count). The van der Waals surface area contributed by atoms with Gasteiger partial charge in [-0.05, 0) is 43.0 Å². The van der Waals surface area contributed by atoms with Crippen LogP contribution < -0.4 is 5.32 Å². The van der Waals surface area contributed by atoms with Crippen molar-refractivity contribution in [3.8, 4) is 0 Å². The summed E-state index contributed by atoms with van der Waals surface area (Å²) in [5.41, 5.74) is 2.88. The van der Waals surface area contributed by atoms with Crippen molar-refractivity contribution in [2.75, 3.05) is 19.6 Å². The molecule has 2 aromatic carbocycles. The number of amides is 2. The Labute approximate surface area is 182 Å². The first-order valence-electron chi connectivity index (χ1n) is 10.9. The van der Waals surface area contributed by atoms with Crippen LogP contribution in [0.2, 0.25) is 0 Å². The molecule has 160 valence electrons. The first-order valence-corrected chi connectivity index (χ1v) is 10.9. The molecule has 1 aliphatic rings. The Morgan fingerprint density at radius 2 is 1.74 bits per heavy atom. The third kappa shape index (κ3) is 5.40. The molecule has 0 radical (unpaired) electrons. The summed E-state index contributed by atoms with van der Waals surface area (Å²) >= 11 is 0. The number of rotatable bonds is 8. The number of carbonyl (C=O) groups is 2. The standard InChI is InChI=1S/C25H28N4O2/c30-24(15-14-20-9-2-1-3-10-20)26-16-8-13-23-27-21-11-4-5-12-22(21)29(23)19-25(31)28-17-6-7-18-28/h1-5,9-12,14-15H,6-8,13,16-19H2,(H,26,30)/b15-14-. The summed E-state index contributed by atoms with van der Waals surface area (Å²) < 4.78 is 2.03. The molecule has 0 aliphatic carbocycles. The largest absolute Gasteiger partial charge is 0.353 e. The van der Waals surface area contributed by atoms with E-state index in [4.69, 9.17) is 4.98 Å². The highest BCUT2D eigenvalue weighted by Gasteiger charge is 2.20. The van der Waals surface area contributed by atoms with Gasteiger partial charge in [-0.1, -0.05) is 42.5 Å². The average Bonchev–Trinajstić information content (AvgIpc) is 3.45. The number of benzene rings is 2. The second kappa shape index (κ2) is 10.1. The van der Waals surface area contributed by atoms with E-state index in [1.165, 1.54) is 0 Å². The highest BCUT2D eigenvalue weighted by atomic mass is 16.2. The molecule has 6 heteroatoms. The molecule has 0 spiro atoms. The van der Waals surface area contributed by atoms with Gasteiger partial charge in [-0.15, -0.1) is 0 Å². The molecule has 0 unspecified atom stereocenters. The monoisotopic (exact) mass is 416 g/mol. The van der Waals surface area contributed by atoms with Crippen LogP contribution in [0.25, 0.3) is 17.1 Å². The zero-order valence-corrected chi connectivity index (χ0v) is 17.7. The number of para-hydroxylation sites is 2. The summed E-state index contributed by atoms with van der Waals surface area (Å²) in [5.74, 6) is 0.936. The normalized spacial score (nSPS) is 13.9. The molecule has 3 aromatic rings. The molecular weight excluding hydrogens is 388 g/mol. The Morgan fingerprint density at radius 3 is 2.55 bits per heavy atom. The maximum atomic E-state index is 12.7. The summed E-state index contributed by atoms with van der Waals surface area (Å²) in [6.07, 6.45) is 6.98. The Balaban J connectivity index is 1.35. The van der Waals surface area contributed by atoms with Crippen molar-refractivity contribution in [1.82, 2.24) is 19.8 Å². The van der Waals surface area contributed by atoms with Crippen molar-refractivity contribution in [1.29, 1.82) is 0 Å². The van der Waals surface area contributed by atoms with Crippen LogP contribution in [-0.2, 0) is 22.6 Å². The molecule has 2 amide bonds. The van der Waals surface area contributed by atoms with Gasteiger partial charge in [0.15, 0.2) is 0 Å². The van der Waals surface area contributed by atoms with Gasteiger partial charge in [0.2, 0.25) is 11.8 Å². The number of imidazole rings is 1. The number of aromatic nitrogens is 2. The molecule has 31 heavy (non-hydrogen) atoms. The second-order valence-electron chi connectivity index (χ2n) is 7.83. The van der Waals surface area contributed by atoms with Gasteiger partial charge in [0.1, 0.15) is 12.4 Å². The van der Waals surface area contributed by atoms with Crippen LogP contribution in [0.1, 0.15) is 30.7 Å². The van der Waals surface area contributed by atoms with Crippen LogP contribution in [0.4, 0.5) is 0 Å². The minimum atomic E-state index is -0.110. The van der Waals surface area contributed by atoms with Crippen molar-refractivity contribution in [3.63, 3.8) is 0 Å². The van der Waals surface area contributed by atoms with E-state index in [0.29, 0.717) is 19.5 Å². The average molecular weight is 417 g/mol. The van der Waals surface area contributed by atoms with E-state index in [-0.39, 0.29) is 11.8 Å². The molecule has 1 aliphatic heterocycles. The zero-order valence-electron chi connectivity index (χ0n) is 17.7. The number of nitrogens with one attached hydrogen (secondary N) is 1. The molecule has 1 saturated heterocycles. The number of carbonyl (C=O) groups excluding carboxylic acids is 2.